The van der Waals surface area contributed by atoms with E-state index in [1.807, 2.05) is 13.8 Å². The van der Waals surface area contributed by atoms with Crippen LogP contribution in [0.1, 0.15) is 60.1 Å². The van der Waals surface area contributed by atoms with Gasteiger partial charge in [0.15, 0.2) is 11.6 Å². The second kappa shape index (κ2) is 9.29. The molecule has 2 aromatic heterocycles. The van der Waals surface area contributed by atoms with Crippen LogP contribution in [0.3, 0.4) is 0 Å². The van der Waals surface area contributed by atoms with E-state index in [2.05, 4.69) is 20.4 Å². The van der Waals surface area contributed by atoms with Crippen molar-refractivity contribution in [1.82, 2.24) is 28.9 Å². The van der Waals surface area contributed by atoms with E-state index < -0.39 is 23.2 Å². The molecule has 0 bridgehead atoms. The second-order valence-corrected chi connectivity index (χ2v) is 6.75. The van der Waals surface area contributed by atoms with E-state index in [9.17, 15) is 19.2 Å². The zero-order valence-corrected chi connectivity index (χ0v) is 18.1. The van der Waals surface area contributed by atoms with E-state index in [-0.39, 0.29) is 0 Å². The number of nitrogens with zero attached hydrogens (tertiary/aromatic N) is 8. The summed E-state index contributed by atoms with van der Waals surface area (Å²) in [5.74, 6) is -0.232. The van der Waals surface area contributed by atoms with Crippen molar-refractivity contribution in [3.63, 3.8) is 0 Å². The van der Waals surface area contributed by atoms with Gasteiger partial charge in [0.05, 0.1) is 12.4 Å². The molecule has 0 spiro atoms. The fourth-order valence-corrected chi connectivity index (χ4v) is 2.80. The van der Waals surface area contributed by atoms with Gasteiger partial charge in [0.2, 0.25) is 11.8 Å². The largest absolute Gasteiger partial charge is 0.374 e. The summed E-state index contributed by atoms with van der Waals surface area (Å²) in [7, 11) is 0. The highest BCUT2D eigenvalue weighted by Gasteiger charge is 2.14. The van der Waals surface area contributed by atoms with E-state index in [0.717, 1.165) is 18.7 Å². The Labute approximate surface area is 182 Å². The number of hydrogen-bond acceptors (Lipinski definition) is 8. The summed E-state index contributed by atoms with van der Waals surface area (Å²) in [6, 6.07) is 7.00. The quantitative estimate of drug-likeness (QED) is 0.517. The summed E-state index contributed by atoms with van der Waals surface area (Å²) in [4.78, 5) is 47.5. The maximum atomic E-state index is 12.3. The molecule has 0 aliphatic carbocycles. The maximum Gasteiger partial charge on any atom is 0.374 e. The molecule has 0 N–H and O–H groups in total. The summed E-state index contributed by atoms with van der Waals surface area (Å²) in [6.45, 7) is 6.12. The molecule has 0 saturated carbocycles. The van der Waals surface area contributed by atoms with E-state index in [0.29, 0.717) is 35.6 Å². The molecule has 0 saturated heterocycles. The number of benzene rings is 1. The normalized spacial score (nSPS) is 11.6. The zero-order valence-electron chi connectivity index (χ0n) is 18.1. The molecule has 0 atom stereocenters. The minimum atomic E-state index is -0.627. The lowest BCUT2D eigenvalue weighted by molar-refractivity contribution is 0.0907. The molecule has 0 amide bonds. The molecular formula is C20H22N8O4. The lowest BCUT2D eigenvalue weighted by atomic mass is 10.2. The van der Waals surface area contributed by atoms with Crippen molar-refractivity contribution < 1.29 is 9.59 Å². The first-order valence-electron chi connectivity index (χ1n) is 9.89. The van der Waals surface area contributed by atoms with Gasteiger partial charge >= 0.3 is 11.4 Å². The van der Waals surface area contributed by atoms with Crippen LogP contribution in [0.25, 0.3) is 0 Å². The molecule has 0 radical (unpaired) electrons. The van der Waals surface area contributed by atoms with Crippen LogP contribution in [-0.4, -0.2) is 53.2 Å². The predicted octanol–water partition coefficient (Wildman–Crippen LogP) is 0.612. The van der Waals surface area contributed by atoms with Crippen molar-refractivity contribution in [2.75, 3.05) is 0 Å². The number of carbonyl (C=O) groups is 2. The highest BCUT2D eigenvalue weighted by molar-refractivity contribution is 5.84. The molecule has 0 fully saturated rings. The molecule has 12 heteroatoms. The Kier molecular flexibility index (Phi) is 6.52. The number of carbonyl (C=O) groups excluding carboxylic acids is 2. The van der Waals surface area contributed by atoms with Crippen LogP contribution in [-0.2, 0) is 12.8 Å². The Morgan fingerprint density at radius 3 is 1.41 bits per heavy atom. The van der Waals surface area contributed by atoms with Gasteiger partial charge < -0.3 is 0 Å². The van der Waals surface area contributed by atoms with E-state index >= 15 is 0 Å². The fraction of sp³-hybridized carbons (Fsp3) is 0.300. The lowest BCUT2D eigenvalue weighted by Crippen LogP contribution is -2.27. The molecule has 1 aromatic carbocycles. The average Bonchev–Trinajstić information content (AvgIpc) is 3.27. The molecule has 0 unspecified atom stereocenters. The second-order valence-electron chi connectivity index (χ2n) is 6.75. The molecular weight excluding hydrogens is 416 g/mol. The topological polar surface area (TPSA) is 138 Å². The molecule has 12 nitrogen and oxygen atoms in total. The smallest absolute Gasteiger partial charge is 0.273 e. The average molecular weight is 438 g/mol. The van der Waals surface area contributed by atoms with Crippen LogP contribution in [0.4, 0.5) is 0 Å². The van der Waals surface area contributed by atoms with Crippen LogP contribution >= 0.6 is 0 Å². The number of aromatic nitrogens is 6. The highest BCUT2D eigenvalue weighted by Crippen LogP contribution is 2.02. The summed E-state index contributed by atoms with van der Waals surface area (Å²) < 4.78 is 3.72. The van der Waals surface area contributed by atoms with Gasteiger partial charge in [-0.3, -0.25) is 9.59 Å². The number of hydrogen-bond donors (Lipinski definition) is 0. The van der Waals surface area contributed by atoms with E-state index in [1.165, 1.54) is 26.3 Å². The van der Waals surface area contributed by atoms with Gasteiger partial charge in [-0.15, -0.1) is 19.6 Å². The summed E-state index contributed by atoms with van der Waals surface area (Å²) >= 11 is 0. The van der Waals surface area contributed by atoms with Crippen molar-refractivity contribution in [1.29, 1.82) is 0 Å². The van der Waals surface area contributed by atoms with Crippen molar-refractivity contribution in [3.8, 4) is 0 Å². The third-order valence-electron chi connectivity index (χ3n) is 4.45. The number of aryl methyl sites for hydroxylation is 2. The van der Waals surface area contributed by atoms with Crippen molar-refractivity contribution >= 4 is 24.2 Å². The van der Waals surface area contributed by atoms with Gasteiger partial charge in [0.1, 0.15) is 0 Å². The Bertz CT molecular complexity index is 1230. The molecule has 0 aliphatic rings. The lowest BCUT2D eigenvalue weighted by Gasteiger charge is -1.98. The minimum Gasteiger partial charge on any atom is -0.273 e. The van der Waals surface area contributed by atoms with Crippen LogP contribution in [0, 0.1) is 0 Å². The SMILES string of the molecule is CCc1nn(C(C)=O)c(=O)n1/N=C/c1ccc(/C=N/n2c(CC)nn(C(C)=O)c2=O)cc1. The van der Waals surface area contributed by atoms with Gasteiger partial charge in [-0.2, -0.15) is 19.6 Å². The van der Waals surface area contributed by atoms with Gasteiger partial charge in [0, 0.05) is 26.7 Å². The first kappa shape index (κ1) is 22.5. The van der Waals surface area contributed by atoms with Crippen LogP contribution in [0.2, 0.25) is 0 Å². The van der Waals surface area contributed by atoms with Crippen LogP contribution < -0.4 is 11.4 Å². The van der Waals surface area contributed by atoms with Crippen molar-refractivity contribution in [2.45, 2.75) is 40.5 Å². The van der Waals surface area contributed by atoms with Gasteiger partial charge in [-0.25, -0.2) is 9.59 Å². The van der Waals surface area contributed by atoms with Crippen LogP contribution in [0.15, 0.2) is 44.1 Å². The Hall–Kier alpha value is -4.22. The van der Waals surface area contributed by atoms with Crippen LogP contribution in [0.5, 0.6) is 0 Å². The molecule has 3 rings (SSSR count). The molecule has 166 valence electrons. The molecule has 2 heterocycles. The molecule has 32 heavy (non-hydrogen) atoms. The van der Waals surface area contributed by atoms with Gasteiger partial charge in [0.25, 0.3) is 0 Å². The van der Waals surface area contributed by atoms with Crippen molar-refractivity contribution in [3.05, 3.63) is 68.0 Å². The monoisotopic (exact) mass is 438 g/mol. The predicted molar refractivity (Wildman–Crippen MR) is 117 cm³/mol. The van der Waals surface area contributed by atoms with Gasteiger partial charge in [-0.1, -0.05) is 38.1 Å². The third-order valence-corrected chi connectivity index (χ3v) is 4.45. The maximum absolute atomic E-state index is 12.3. The number of rotatable bonds is 6. The summed E-state index contributed by atoms with van der Waals surface area (Å²) in [5, 5.41) is 16.2. The Morgan fingerprint density at radius 1 is 0.781 bits per heavy atom. The van der Waals surface area contributed by atoms with Crippen molar-refractivity contribution in [2.24, 2.45) is 10.2 Å². The molecule has 0 aliphatic heterocycles. The summed E-state index contributed by atoms with van der Waals surface area (Å²) in [6.07, 6.45) is 3.82. The first-order chi connectivity index (χ1) is 15.3. The van der Waals surface area contributed by atoms with E-state index in [4.69, 9.17) is 0 Å². The zero-order chi connectivity index (χ0) is 23.4. The fourth-order valence-electron chi connectivity index (χ4n) is 2.80. The van der Waals surface area contributed by atoms with Gasteiger partial charge in [-0.05, 0) is 11.1 Å². The first-order valence-corrected chi connectivity index (χ1v) is 9.89. The Morgan fingerprint density at radius 2 is 1.12 bits per heavy atom. The highest BCUT2D eigenvalue weighted by atomic mass is 16.2. The summed E-state index contributed by atoms with van der Waals surface area (Å²) in [5.41, 5.74) is 0.139. The minimum absolute atomic E-state index is 0.369. The van der Waals surface area contributed by atoms with E-state index in [1.54, 1.807) is 24.3 Å². The molecule has 3 aromatic rings. The standard InChI is InChI=1S/C20H22N8O4/c1-5-17-23-25(13(3)29)19(31)27(17)21-11-15-7-9-16(10-8-15)12-22-28-18(6-2)24-26(14(4)30)20(28)32/h7-12H,5-6H2,1-4H3/b21-11+,22-12+. The Balaban J connectivity index is 1.83. The third kappa shape index (κ3) is 4.43.